The van der Waals surface area contributed by atoms with E-state index in [1.165, 1.54) is 16.5 Å². The zero-order chi connectivity index (χ0) is 11.1. The van der Waals surface area contributed by atoms with Crippen LogP contribution in [0.15, 0.2) is 41.2 Å². The lowest BCUT2D eigenvalue weighted by molar-refractivity contribution is 1.14. The van der Waals surface area contributed by atoms with Crippen molar-refractivity contribution in [1.29, 1.82) is 5.26 Å². The smallest absolute Gasteiger partial charge is 0.256 e. The second-order valence-corrected chi connectivity index (χ2v) is 3.52. The highest BCUT2D eigenvalue weighted by Gasteiger charge is 2.08. The molecule has 16 heavy (non-hydrogen) atoms. The monoisotopic (exact) mass is 209 g/mol. The van der Waals surface area contributed by atoms with Gasteiger partial charge in [-0.1, -0.05) is 12.1 Å². The van der Waals surface area contributed by atoms with Gasteiger partial charge in [-0.25, -0.2) is 0 Å². The van der Waals surface area contributed by atoms with Crippen molar-refractivity contribution in [3.8, 4) is 6.07 Å². The average molecular weight is 209 g/mol. The summed E-state index contributed by atoms with van der Waals surface area (Å²) in [5.41, 5.74) is 2.53. The number of nitrogens with zero attached hydrogens (tertiary/aromatic N) is 2. The normalized spacial score (nSPS) is 10.7. The fourth-order valence-corrected chi connectivity index (χ4v) is 1.89. The molecular weight excluding hydrogens is 202 g/mol. The van der Waals surface area contributed by atoms with Gasteiger partial charge in [-0.05, 0) is 18.2 Å². The van der Waals surface area contributed by atoms with Crippen molar-refractivity contribution in [2.24, 2.45) is 0 Å². The highest BCUT2D eigenvalue weighted by atomic mass is 16.1. The van der Waals surface area contributed by atoms with Crippen molar-refractivity contribution < 1.29 is 0 Å². The molecule has 1 aromatic carbocycles. The van der Waals surface area contributed by atoms with Crippen molar-refractivity contribution in [3.05, 3.63) is 52.3 Å². The molecule has 1 N–H and O–H groups in total. The van der Waals surface area contributed by atoms with Crippen LogP contribution in [-0.4, -0.2) is 9.38 Å². The summed E-state index contributed by atoms with van der Waals surface area (Å²) in [6, 6.07) is 12.5. The van der Waals surface area contributed by atoms with Crippen LogP contribution in [0.5, 0.6) is 0 Å². The van der Waals surface area contributed by atoms with Gasteiger partial charge >= 0.3 is 0 Å². The Morgan fingerprint density at radius 3 is 2.81 bits per heavy atom. The van der Waals surface area contributed by atoms with E-state index in [9.17, 15) is 4.79 Å². The minimum absolute atomic E-state index is 0.133. The Kier molecular flexibility index (Phi) is 1.62. The van der Waals surface area contributed by atoms with Crippen LogP contribution in [0.4, 0.5) is 0 Å². The van der Waals surface area contributed by atoms with E-state index in [1.54, 1.807) is 0 Å². The summed E-state index contributed by atoms with van der Waals surface area (Å²) in [6.45, 7) is 0. The predicted octanol–water partition coefficient (Wildman–Crippen LogP) is 1.65. The summed E-state index contributed by atoms with van der Waals surface area (Å²) in [4.78, 5) is 14.8. The van der Waals surface area contributed by atoms with Crippen molar-refractivity contribution in [3.63, 3.8) is 0 Å². The Balaban J connectivity index is 2.70. The lowest BCUT2D eigenvalue weighted by atomic mass is 10.3. The first-order valence-electron chi connectivity index (χ1n) is 4.84. The number of benzene rings is 1. The standard InChI is InChI=1S/C12H7N3O/c13-7-8-5-6-11(16)15-10-4-2-1-3-9(10)14-12(8)15/h1-6,14H. The summed E-state index contributed by atoms with van der Waals surface area (Å²) in [7, 11) is 0. The Bertz CT molecular complexity index is 789. The van der Waals surface area contributed by atoms with Gasteiger partial charge in [0, 0.05) is 6.07 Å². The number of rotatable bonds is 0. The van der Waals surface area contributed by atoms with Crippen molar-refractivity contribution in [2.75, 3.05) is 0 Å². The number of imidazole rings is 1. The molecule has 3 rings (SSSR count). The molecule has 0 aliphatic rings. The second-order valence-electron chi connectivity index (χ2n) is 3.52. The van der Waals surface area contributed by atoms with Crippen LogP contribution in [0.3, 0.4) is 0 Å². The molecule has 0 saturated carbocycles. The Hall–Kier alpha value is -2.54. The molecule has 0 bridgehead atoms. The van der Waals surface area contributed by atoms with Gasteiger partial charge in [0.05, 0.1) is 16.6 Å². The number of pyridine rings is 1. The van der Waals surface area contributed by atoms with Gasteiger partial charge in [-0.15, -0.1) is 0 Å². The minimum atomic E-state index is -0.133. The molecule has 3 aromatic rings. The molecule has 0 atom stereocenters. The number of nitrogens with one attached hydrogen (secondary N) is 1. The number of nitriles is 1. The number of aromatic nitrogens is 2. The summed E-state index contributed by atoms with van der Waals surface area (Å²) < 4.78 is 1.52. The van der Waals surface area contributed by atoms with Crippen molar-refractivity contribution >= 4 is 16.7 Å². The van der Waals surface area contributed by atoms with Crippen LogP contribution in [0, 0.1) is 11.3 Å². The molecule has 0 radical (unpaired) electrons. The van der Waals surface area contributed by atoms with Gasteiger partial charge in [0.2, 0.25) is 0 Å². The van der Waals surface area contributed by atoms with Crippen molar-refractivity contribution in [1.82, 2.24) is 9.38 Å². The Labute approximate surface area is 90.4 Å². The maximum atomic E-state index is 11.8. The Morgan fingerprint density at radius 2 is 2.00 bits per heavy atom. The van der Waals surface area contributed by atoms with Crippen LogP contribution in [-0.2, 0) is 0 Å². The number of H-pyrrole nitrogens is 1. The van der Waals surface area contributed by atoms with Gasteiger partial charge < -0.3 is 4.98 Å². The van der Waals surface area contributed by atoms with E-state index in [2.05, 4.69) is 11.1 Å². The third-order valence-corrected chi connectivity index (χ3v) is 2.61. The quantitative estimate of drug-likeness (QED) is 0.612. The number of hydrogen-bond acceptors (Lipinski definition) is 2. The molecule has 0 unspecified atom stereocenters. The number of fused-ring (bicyclic) bond motifs is 3. The summed E-state index contributed by atoms with van der Waals surface area (Å²) >= 11 is 0. The molecule has 4 nitrogen and oxygen atoms in total. The fourth-order valence-electron chi connectivity index (χ4n) is 1.89. The first kappa shape index (κ1) is 8.74. The van der Waals surface area contributed by atoms with Crippen LogP contribution >= 0.6 is 0 Å². The number of hydrogen-bond donors (Lipinski definition) is 1. The molecule has 4 heteroatoms. The van der Waals surface area contributed by atoms with E-state index in [1.807, 2.05) is 24.3 Å². The Morgan fingerprint density at radius 1 is 1.19 bits per heavy atom. The maximum Gasteiger partial charge on any atom is 0.256 e. The third-order valence-electron chi connectivity index (χ3n) is 2.61. The van der Waals surface area contributed by atoms with E-state index in [-0.39, 0.29) is 5.56 Å². The lowest BCUT2D eigenvalue weighted by Gasteiger charge is -1.94. The highest BCUT2D eigenvalue weighted by Crippen LogP contribution is 2.16. The van der Waals surface area contributed by atoms with E-state index >= 15 is 0 Å². The maximum absolute atomic E-state index is 11.8. The molecule has 2 heterocycles. The number of para-hydroxylation sites is 2. The van der Waals surface area contributed by atoms with Crippen LogP contribution in [0.2, 0.25) is 0 Å². The molecule has 76 valence electrons. The topological polar surface area (TPSA) is 61.1 Å². The lowest BCUT2D eigenvalue weighted by Crippen LogP contribution is -2.11. The molecule has 2 aromatic heterocycles. The molecular formula is C12H7N3O. The van der Waals surface area contributed by atoms with Gasteiger partial charge in [0.25, 0.3) is 5.56 Å². The van der Waals surface area contributed by atoms with E-state index in [4.69, 9.17) is 5.26 Å². The van der Waals surface area contributed by atoms with Crippen LogP contribution < -0.4 is 5.56 Å². The summed E-state index contributed by atoms with van der Waals surface area (Å²) in [6.07, 6.45) is 0. The van der Waals surface area contributed by atoms with Crippen molar-refractivity contribution in [2.45, 2.75) is 0 Å². The first-order valence-corrected chi connectivity index (χ1v) is 4.84. The molecule has 0 saturated heterocycles. The third kappa shape index (κ3) is 0.997. The molecule has 0 aliphatic heterocycles. The van der Waals surface area contributed by atoms with Gasteiger partial charge in [-0.3, -0.25) is 9.20 Å². The summed E-state index contributed by atoms with van der Waals surface area (Å²) in [5.74, 6) is 0. The van der Waals surface area contributed by atoms with Gasteiger partial charge in [0.1, 0.15) is 11.7 Å². The minimum Gasteiger partial charge on any atom is -0.338 e. The largest absolute Gasteiger partial charge is 0.338 e. The number of aromatic amines is 1. The van der Waals surface area contributed by atoms with E-state index in [0.717, 1.165) is 11.0 Å². The second kappa shape index (κ2) is 2.97. The SMILES string of the molecule is N#Cc1ccc(=O)n2c1[nH]c1ccccc12. The van der Waals surface area contributed by atoms with E-state index < -0.39 is 0 Å². The van der Waals surface area contributed by atoms with Gasteiger partial charge in [-0.2, -0.15) is 5.26 Å². The summed E-state index contributed by atoms with van der Waals surface area (Å²) in [5, 5.41) is 8.97. The average Bonchev–Trinajstić information content (AvgIpc) is 2.69. The molecule has 0 fully saturated rings. The van der Waals surface area contributed by atoms with E-state index in [0.29, 0.717) is 11.2 Å². The van der Waals surface area contributed by atoms with Gasteiger partial charge in [0.15, 0.2) is 0 Å². The first-order chi connectivity index (χ1) is 7.81. The van der Waals surface area contributed by atoms with Crippen LogP contribution in [0.25, 0.3) is 16.7 Å². The zero-order valence-electron chi connectivity index (χ0n) is 8.27. The molecule has 0 spiro atoms. The fraction of sp³-hybridized carbons (Fsp3) is 0. The predicted molar refractivity (Wildman–Crippen MR) is 60.2 cm³/mol. The molecule has 0 amide bonds. The highest BCUT2D eigenvalue weighted by molar-refractivity contribution is 5.81. The molecule has 0 aliphatic carbocycles. The zero-order valence-corrected chi connectivity index (χ0v) is 8.27. The van der Waals surface area contributed by atoms with Crippen LogP contribution in [0.1, 0.15) is 5.56 Å².